The van der Waals surface area contributed by atoms with E-state index < -0.39 is 0 Å². The number of aromatic nitrogens is 1. The van der Waals surface area contributed by atoms with Crippen LogP contribution in [0.15, 0.2) is 11.4 Å². The van der Waals surface area contributed by atoms with E-state index in [-0.39, 0.29) is 12.6 Å². The highest BCUT2D eigenvalue weighted by Crippen LogP contribution is 2.44. The van der Waals surface area contributed by atoms with Crippen LogP contribution >= 0.6 is 11.3 Å². The number of pyridine rings is 1. The van der Waals surface area contributed by atoms with E-state index in [2.05, 4.69) is 28.2 Å². The molecule has 5 nitrogen and oxygen atoms in total. The van der Waals surface area contributed by atoms with Gasteiger partial charge in [-0.3, -0.25) is 0 Å². The van der Waals surface area contributed by atoms with Gasteiger partial charge in [-0.1, -0.05) is 11.8 Å². The van der Waals surface area contributed by atoms with Crippen molar-refractivity contribution < 1.29 is 5.11 Å². The standard InChI is InChI=1S/C18H16N4OS/c19-8-12-16(15-6-10(9-24-15)2-1-5-23)17-13-4-3-11(21-13)7-14(17)22-18(12)20/h6,9,11,13,21,23H,3-5,7H2,(H2,20,22)/t11-,13+/m0/s1. The minimum absolute atomic E-state index is 0.167. The van der Waals surface area contributed by atoms with Crippen LogP contribution in [-0.2, 0) is 6.42 Å². The minimum Gasteiger partial charge on any atom is -0.384 e. The molecule has 2 aromatic heterocycles. The molecule has 4 heterocycles. The van der Waals surface area contributed by atoms with Crippen molar-refractivity contribution in [3.8, 4) is 28.4 Å². The van der Waals surface area contributed by atoms with E-state index in [0.717, 1.165) is 46.5 Å². The summed E-state index contributed by atoms with van der Waals surface area (Å²) in [6.45, 7) is -0.167. The molecule has 1 saturated heterocycles. The summed E-state index contributed by atoms with van der Waals surface area (Å²) < 4.78 is 0. The number of anilines is 1. The fraction of sp³-hybridized carbons (Fsp3) is 0.333. The molecular weight excluding hydrogens is 320 g/mol. The van der Waals surface area contributed by atoms with Crippen molar-refractivity contribution in [1.82, 2.24) is 10.3 Å². The summed E-state index contributed by atoms with van der Waals surface area (Å²) in [5, 5.41) is 24.0. The molecule has 0 radical (unpaired) electrons. The first-order valence-corrected chi connectivity index (χ1v) is 8.76. The number of nitrogens with two attached hydrogens (primary N) is 1. The third-order valence-electron chi connectivity index (χ3n) is 4.64. The van der Waals surface area contributed by atoms with E-state index in [1.165, 1.54) is 0 Å². The maximum absolute atomic E-state index is 9.63. The van der Waals surface area contributed by atoms with Crippen molar-refractivity contribution in [3.63, 3.8) is 0 Å². The topological polar surface area (TPSA) is 95.0 Å². The Morgan fingerprint density at radius 1 is 1.46 bits per heavy atom. The first kappa shape index (κ1) is 15.2. The molecule has 4 N–H and O–H groups in total. The van der Waals surface area contributed by atoms with E-state index in [1.54, 1.807) is 11.3 Å². The lowest BCUT2D eigenvalue weighted by Crippen LogP contribution is -2.33. The molecule has 0 saturated carbocycles. The Balaban J connectivity index is 1.92. The van der Waals surface area contributed by atoms with Gasteiger partial charge < -0.3 is 16.2 Å². The number of hydrogen-bond donors (Lipinski definition) is 3. The van der Waals surface area contributed by atoms with Crippen molar-refractivity contribution in [1.29, 1.82) is 5.26 Å². The van der Waals surface area contributed by atoms with Gasteiger partial charge in [-0.05, 0) is 18.9 Å². The number of nitrogens with one attached hydrogen (secondary N) is 1. The van der Waals surface area contributed by atoms with Crippen LogP contribution in [0.4, 0.5) is 5.82 Å². The summed E-state index contributed by atoms with van der Waals surface area (Å²) in [7, 11) is 0. The lowest BCUT2D eigenvalue weighted by atomic mass is 9.91. The number of thiophene rings is 1. The summed E-state index contributed by atoms with van der Waals surface area (Å²) in [5.74, 6) is 5.88. The highest BCUT2D eigenvalue weighted by atomic mass is 32.1. The van der Waals surface area contributed by atoms with Gasteiger partial charge >= 0.3 is 0 Å². The Bertz CT molecular complexity index is 916. The van der Waals surface area contributed by atoms with Gasteiger partial charge in [0.25, 0.3) is 0 Å². The van der Waals surface area contributed by atoms with Gasteiger partial charge in [0.1, 0.15) is 24.1 Å². The molecule has 0 amide bonds. The third-order valence-corrected chi connectivity index (χ3v) is 5.59. The van der Waals surface area contributed by atoms with Crippen LogP contribution in [0, 0.1) is 23.2 Å². The number of rotatable bonds is 1. The van der Waals surface area contributed by atoms with Gasteiger partial charge in [0.05, 0.1) is 0 Å². The van der Waals surface area contributed by atoms with Crippen LogP contribution in [-0.4, -0.2) is 22.7 Å². The molecule has 2 atom stereocenters. The number of aliphatic hydroxyl groups is 1. The first-order chi connectivity index (χ1) is 11.7. The molecule has 4 rings (SSSR count). The van der Waals surface area contributed by atoms with Crippen LogP contribution < -0.4 is 11.1 Å². The second-order valence-corrected chi connectivity index (χ2v) is 6.99. The highest BCUT2D eigenvalue weighted by molar-refractivity contribution is 7.13. The zero-order chi connectivity index (χ0) is 16.7. The molecule has 0 spiro atoms. The van der Waals surface area contributed by atoms with Crippen molar-refractivity contribution in [2.75, 3.05) is 12.3 Å². The highest BCUT2D eigenvalue weighted by Gasteiger charge is 2.36. The van der Waals surface area contributed by atoms with Crippen LogP contribution in [0.5, 0.6) is 0 Å². The number of nitriles is 1. The van der Waals surface area contributed by atoms with Crippen LogP contribution in [0.25, 0.3) is 10.4 Å². The maximum atomic E-state index is 9.63. The summed E-state index contributed by atoms with van der Waals surface area (Å²) in [4.78, 5) is 5.50. The number of aliphatic hydroxyl groups excluding tert-OH is 1. The Labute approximate surface area is 144 Å². The van der Waals surface area contributed by atoms with E-state index in [1.807, 2.05) is 11.4 Å². The predicted octanol–water partition coefficient (Wildman–Crippen LogP) is 1.96. The number of fused-ring (bicyclic) bond motifs is 4. The first-order valence-electron chi connectivity index (χ1n) is 7.88. The van der Waals surface area contributed by atoms with Gasteiger partial charge in [-0.2, -0.15) is 5.26 Å². The van der Waals surface area contributed by atoms with E-state index in [9.17, 15) is 5.26 Å². The normalized spacial score (nSPS) is 20.8. The fourth-order valence-electron chi connectivity index (χ4n) is 3.68. The van der Waals surface area contributed by atoms with E-state index in [0.29, 0.717) is 17.4 Å². The summed E-state index contributed by atoms with van der Waals surface area (Å²) in [5.41, 5.74) is 10.4. The number of nitrogens with zero attached hydrogens (tertiary/aromatic N) is 2. The number of nitrogen functional groups attached to an aromatic ring is 1. The van der Waals surface area contributed by atoms with Gasteiger partial charge in [0.15, 0.2) is 0 Å². The average molecular weight is 336 g/mol. The van der Waals surface area contributed by atoms with Crippen LogP contribution in [0.2, 0.25) is 0 Å². The average Bonchev–Trinajstić information content (AvgIpc) is 3.19. The quantitative estimate of drug-likeness (QED) is 0.692. The van der Waals surface area contributed by atoms with E-state index in [4.69, 9.17) is 10.8 Å². The smallest absolute Gasteiger partial charge is 0.142 e. The fourth-order valence-corrected chi connectivity index (χ4v) is 4.59. The molecule has 0 aromatic carbocycles. The monoisotopic (exact) mass is 336 g/mol. The molecule has 2 aliphatic heterocycles. The van der Waals surface area contributed by atoms with Gasteiger partial charge in [0, 0.05) is 51.1 Å². The Morgan fingerprint density at radius 2 is 2.33 bits per heavy atom. The van der Waals surface area contributed by atoms with Crippen molar-refractivity contribution in [2.24, 2.45) is 0 Å². The molecular formula is C18H16N4OS. The lowest BCUT2D eigenvalue weighted by molar-refractivity contribution is 0.350. The molecule has 1 fully saturated rings. The molecule has 120 valence electrons. The maximum Gasteiger partial charge on any atom is 0.142 e. The van der Waals surface area contributed by atoms with Gasteiger partial charge in [0.2, 0.25) is 0 Å². The van der Waals surface area contributed by atoms with Gasteiger partial charge in [-0.25, -0.2) is 4.98 Å². The second kappa shape index (κ2) is 5.92. The molecule has 24 heavy (non-hydrogen) atoms. The molecule has 0 unspecified atom stereocenters. The van der Waals surface area contributed by atoms with Crippen molar-refractivity contribution >= 4 is 17.2 Å². The Kier molecular flexibility index (Phi) is 3.74. The minimum atomic E-state index is -0.167. The van der Waals surface area contributed by atoms with Crippen LogP contribution in [0.3, 0.4) is 0 Å². The summed E-state index contributed by atoms with van der Waals surface area (Å²) >= 11 is 1.54. The number of hydrogen-bond acceptors (Lipinski definition) is 6. The molecule has 2 aromatic rings. The Hall–Kier alpha value is -2.38. The predicted molar refractivity (Wildman–Crippen MR) is 93.2 cm³/mol. The van der Waals surface area contributed by atoms with Gasteiger partial charge in [-0.15, -0.1) is 11.3 Å². The third kappa shape index (κ3) is 2.37. The van der Waals surface area contributed by atoms with Crippen molar-refractivity contribution in [3.05, 3.63) is 33.8 Å². The Morgan fingerprint density at radius 3 is 3.12 bits per heavy atom. The molecule has 2 bridgehead atoms. The second-order valence-electron chi connectivity index (χ2n) is 6.08. The molecule has 6 heteroatoms. The lowest BCUT2D eigenvalue weighted by Gasteiger charge is -2.27. The zero-order valence-corrected chi connectivity index (χ0v) is 13.8. The summed E-state index contributed by atoms with van der Waals surface area (Å²) in [6.07, 6.45) is 3.04. The van der Waals surface area contributed by atoms with E-state index >= 15 is 0 Å². The molecule has 0 aliphatic carbocycles. The molecule has 2 aliphatic rings. The van der Waals surface area contributed by atoms with Crippen LogP contribution in [0.1, 0.15) is 41.3 Å². The SMILES string of the molecule is N#Cc1c(N)nc2c(c1-c1cc(C#CCO)cs1)[C@H]1CC[C@@H](C2)N1. The largest absolute Gasteiger partial charge is 0.384 e. The van der Waals surface area contributed by atoms with Crippen molar-refractivity contribution in [2.45, 2.75) is 31.3 Å². The zero-order valence-electron chi connectivity index (χ0n) is 13.0. The summed E-state index contributed by atoms with van der Waals surface area (Å²) in [6, 6.07) is 4.90.